The van der Waals surface area contributed by atoms with Crippen LogP contribution in [-0.4, -0.2) is 39.4 Å². The Kier molecular flexibility index (Phi) is 5.83. The van der Waals surface area contributed by atoms with Crippen molar-refractivity contribution in [2.24, 2.45) is 0 Å². The van der Waals surface area contributed by atoms with Gasteiger partial charge in [0.05, 0.1) is 11.3 Å². The van der Waals surface area contributed by atoms with Gasteiger partial charge in [0.2, 0.25) is 0 Å². The molecule has 0 bridgehead atoms. The van der Waals surface area contributed by atoms with Crippen LogP contribution in [0.15, 0.2) is 36.5 Å². The maximum absolute atomic E-state index is 13.1. The molecule has 1 aliphatic carbocycles. The molecule has 3 heterocycles. The van der Waals surface area contributed by atoms with Crippen LogP contribution in [0, 0.1) is 13.8 Å². The molecule has 6 nitrogen and oxygen atoms in total. The molecule has 1 aliphatic rings. The van der Waals surface area contributed by atoms with Crippen LogP contribution in [-0.2, 0) is 6.18 Å². The lowest BCUT2D eigenvalue weighted by atomic mass is 9.90. The van der Waals surface area contributed by atoms with Crippen LogP contribution >= 0.6 is 0 Å². The zero-order chi connectivity index (χ0) is 23.0. The molecular formula is C23H26F3N5O. The summed E-state index contributed by atoms with van der Waals surface area (Å²) >= 11 is 0. The second-order valence-corrected chi connectivity index (χ2v) is 8.41. The van der Waals surface area contributed by atoms with Crippen LogP contribution in [0.25, 0.3) is 5.65 Å². The molecule has 0 atom stereocenters. The fraction of sp³-hybridized carbons (Fsp3) is 0.435. The first-order valence-corrected chi connectivity index (χ1v) is 10.7. The van der Waals surface area contributed by atoms with Gasteiger partial charge in [-0.25, -0.2) is 4.98 Å². The highest BCUT2D eigenvalue weighted by molar-refractivity contribution is 5.95. The number of fused-ring (bicyclic) bond motifs is 1. The Hall–Kier alpha value is -3.10. The predicted octanol–water partition coefficient (Wildman–Crippen LogP) is 4.54. The minimum absolute atomic E-state index is 0.0636. The largest absolute Gasteiger partial charge is 0.434 e. The van der Waals surface area contributed by atoms with E-state index in [1.54, 1.807) is 24.3 Å². The number of rotatable bonds is 4. The van der Waals surface area contributed by atoms with Crippen molar-refractivity contribution in [1.29, 1.82) is 0 Å². The third-order valence-electron chi connectivity index (χ3n) is 6.17. The number of aryl methyl sites for hydroxylation is 2. The number of nitrogens with one attached hydrogen (secondary N) is 1. The summed E-state index contributed by atoms with van der Waals surface area (Å²) in [6, 6.07) is 8.94. The number of carbonyl (C=O) groups excluding carboxylic acids is 1. The molecule has 1 N–H and O–H groups in total. The highest BCUT2D eigenvalue weighted by atomic mass is 19.4. The van der Waals surface area contributed by atoms with Crippen LogP contribution in [0.1, 0.15) is 53.1 Å². The Morgan fingerprint density at radius 1 is 1.09 bits per heavy atom. The van der Waals surface area contributed by atoms with Gasteiger partial charge in [0, 0.05) is 31.0 Å². The lowest BCUT2D eigenvalue weighted by Crippen LogP contribution is -2.43. The first-order chi connectivity index (χ1) is 15.1. The Labute approximate surface area is 184 Å². The van der Waals surface area contributed by atoms with Gasteiger partial charge in [0.25, 0.3) is 5.91 Å². The monoisotopic (exact) mass is 445 g/mol. The molecule has 4 rings (SSSR count). The van der Waals surface area contributed by atoms with E-state index in [1.165, 1.54) is 4.40 Å². The number of hydrogen-bond acceptors (Lipinski definition) is 4. The second kappa shape index (κ2) is 8.44. The average Bonchev–Trinajstić information content (AvgIpc) is 3.19. The molecule has 32 heavy (non-hydrogen) atoms. The van der Waals surface area contributed by atoms with Gasteiger partial charge in [-0.15, -0.1) is 0 Å². The number of nitrogens with zero attached hydrogens (tertiary/aromatic N) is 4. The van der Waals surface area contributed by atoms with E-state index >= 15 is 0 Å². The number of hydrogen-bond donors (Lipinski definition) is 1. The van der Waals surface area contributed by atoms with E-state index < -0.39 is 11.9 Å². The van der Waals surface area contributed by atoms with Crippen molar-refractivity contribution in [2.45, 2.75) is 57.8 Å². The van der Waals surface area contributed by atoms with Crippen molar-refractivity contribution in [3.8, 4) is 0 Å². The Bertz CT molecular complexity index is 1130. The van der Waals surface area contributed by atoms with E-state index in [0.29, 0.717) is 17.1 Å². The smallest absolute Gasteiger partial charge is 0.358 e. The van der Waals surface area contributed by atoms with Crippen LogP contribution in [0.3, 0.4) is 0 Å². The highest BCUT2D eigenvalue weighted by Gasteiger charge is 2.34. The first-order valence-electron chi connectivity index (χ1n) is 10.7. The Balaban J connectivity index is 1.42. The summed E-state index contributed by atoms with van der Waals surface area (Å²) in [4.78, 5) is 22.7. The predicted molar refractivity (Wildman–Crippen MR) is 116 cm³/mol. The summed E-state index contributed by atoms with van der Waals surface area (Å²) in [5.74, 6) is 0.550. The van der Waals surface area contributed by atoms with Crippen LogP contribution < -0.4 is 10.2 Å². The fourth-order valence-corrected chi connectivity index (χ4v) is 4.40. The van der Waals surface area contributed by atoms with Gasteiger partial charge >= 0.3 is 6.18 Å². The van der Waals surface area contributed by atoms with E-state index in [0.717, 1.165) is 37.6 Å². The molecule has 0 aliphatic heterocycles. The van der Waals surface area contributed by atoms with Gasteiger partial charge in [0.15, 0.2) is 5.69 Å². The van der Waals surface area contributed by atoms with Gasteiger partial charge < -0.3 is 10.2 Å². The maximum atomic E-state index is 13.1. The van der Waals surface area contributed by atoms with Crippen molar-refractivity contribution in [3.05, 3.63) is 59.2 Å². The average molecular weight is 445 g/mol. The van der Waals surface area contributed by atoms with E-state index in [1.807, 2.05) is 31.9 Å². The molecular weight excluding hydrogens is 419 g/mol. The van der Waals surface area contributed by atoms with Gasteiger partial charge in [-0.1, -0.05) is 6.07 Å². The Morgan fingerprint density at radius 2 is 1.81 bits per heavy atom. The number of carbonyl (C=O) groups is 1. The lowest BCUT2D eigenvalue weighted by Gasteiger charge is -2.36. The standard InChI is InChI=1S/C23H26F3N5O/c1-14-7-12-18(15(2)27-14)22(32)28-16-8-10-17(11-9-16)30(3)21-6-4-5-20-29-19(13-31(20)21)23(24,25)26/h4-7,12-13,16-17H,8-11H2,1-3H3,(H,28,32)/t16-,17+. The number of amides is 1. The second-order valence-electron chi connectivity index (χ2n) is 8.41. The zero-order valence-electron chi connectivity index (χ0n) is 18.3. The zero-order valence-corrected chi connectivity index (χ0v) is 18.3. The molecule has 0 unspecified atom stereocenters. The van der Waals surface area contributed by atoms with Crippen LogP contribution in [0.4, 0.5) is 19.0 Å². The quantitative estimate of drug-likeness (QED) is 0.640. The first kappa shape index (κ1) is 22.1. The topological polar surface area (TPSA) is 62.5 Å². The number of anilines is 1. The number of imidazole rings is 1. The van der Waals surface area contributed by atoms with Gasteiger partial charge in [-0.2, -0.15) is 13.2 Å². The van der Waals surface area contributed by atoms with Crippen molar-refractivity contribution in [1.82, 2.24) is 19.7 Å². The fourth-order valence-electron chi connectivity index (χ4n) is 4.40. The van der Waals surface area contributed by atoms with Crippen molar-refractivity contribution >= 4 is 17.4 Å². The molecule has 0 aromatic carbocycles. The summed E-state index contributed by atoms with van der Waals surface area (Å²) in [5.41, 5.74) is 1.54. The molecule has 9 heteroatoms. The minimum atomic E-state index is -4.48. The Morgan fingerprint density at radius 3 is 2.47 bits per heavy atom. The van der Waals surface area contributed by atoms with E-state index in [4.69, 9.17) is 0 Å². The molecule has 0 radical (unpaired) electrons. The van der Waals surface area contributed by atoms with Gasteiger partial charge in [-0.05, 0) is 63.8 Å². The van der Waals surface area contributed by atoms with E-state index in [-0.39, 0.29) is 23.6 Å². The molecule has 1 amide bonds. The molecule has 0 spiro atoms. The number of aromatic nitrogens is 3. The third-order valence-corrected chi connectivity index (χ3v) is 6.17. The van der Waals surface area contributed by atoms with E-state index in [2.05, 4.69) is 15.3 Å². The summed E-state index contributed by atoms with van der Waals surface area (Å²) < 4.78 is 40.8. The van der Waals surface area contributed by atoms with Crippen molar-refractivity contribution in [3.63, 3.8) is 0 Å². The number of pyridine rings is 2. The summed E-state index contributed by atoms with van der Waals surface area (Å²) in [6.45, 7) is 3.72. The normalized spacial score (nSPS) is 19.2. The SMILES string of the molecule is Cc1ccc(C(=O)N[C@H]2CC[C@@H](N(C)c3cccc4nc(C(F)(F)F)cn34)CC2)c(C)n1. The molecule has 170 valence electrons. The summed E-state index contributed by atoms with van der Waals surface area (Å²) in [7, 11) is 1.90. The number of halogens is 3. The van der Waals surface area contributed by atoms with Crippen LogP contribution in [0.2, 0.25) is 0 Å². The molecule has 1 saturated carbocycles. The van der Waals surface area contributed by atoms with Crippen LogP contribution in [0.5, 0.6) is 0 Å². The molecule has 3 aromatic heterocycles. The molecule has 0 saturated heterocycles. The maximum Gasteiger partial charge on any atom is 0.434 e. The molecule has 3 aromatic rings. The number of alkyl halides is 3. The van der Waals surface area contributed by atoms with Gasteiger partial charge in [0.1, 0.15) is 11.5 Å². The third kappa shape index (κ3) is 4.42. The minimum Gasteiger partial charge on any atom is -0.358 e. The summed E-state index contributed by atoms with van der Waals surface area (Å²) in [5, 5.41) is 3.11. The van der Waals surface area contributed by atoms with E-state index in [9.17, 15) is 18.0 Å². The molecule has 1 fully saturated rings. The summed E-state index contributed by atoms with van der Waals surface area (Å²) in [6.07, 6.45) is -0.193. The van der Waals surface area contributed by atoms with Crippen molar-refractivity contribution in [2.75, 3.05) is 11.9 Å². The van der Waals surface area contributed by atoms with Gasteiger partial charge in [-0.3, -0.25) is 14.2 Å². The van der Waals surface area contributed by atoms with Crippen molar-refractivity contribution < 1.29 is 18.0 Å². The lowest BCUT2D eigenvalue weighted by molar-refractivity contribution is -0.140. The highest BCUT2D eigenvalue weighted by Crippen LogP contribution is 2.31.